The highest BCUT2D eigenvalue weighted by atomic mass is 19.4. The summed E-state index contributed by atoms with van der Waals surface area (Å²) in [5.41, 5.74) is -2.54. The number of alkyl halides is 3. The second-order valence-corrected chi connectivity index (χ2v) is 8.73. The molecule has 9 heteroatoms. The van der Waals surface area contributed by atoms with Crippen LogP contribution in [-0.2, 0) is 26.0 Å². The van der Waals surface area contributed by atoms with Crippen molar-refractivity contribution < 1.29 is 32.7 Å². The molecule has 2 heterocycles. The van der Waals surface area contributed by atoms with E-state index in [4.69, 9.17) is 0 Å². The van der Waals surface area contributed by atoms with E-state index in [1.807, 2.05) is 0 Å². The molecule has 0 unspecified atom stereocenters. The molecule has 0 radical (unpaired) electrons. The predicted octanol–water partition coefficient (Wildman–Crippen LogP) is 2.63. The van der Waals surface area contributed by atoms with Crippen molar-refractivity contribution in [2.24, 2.45) is 0 Å². The van der Waals surface area contributed by atoms with Crippen molar-refractivity contribution in [2.45, 2.75) is 68.6 Å². The molecule has 2 aliphatic heterocycles. The van der Waals surface area contributed by atoms with Crippen LogP contribution in [0, 0.1) is 0 Å². The average Bonchev–Trinajstić information content (AvgIpc) is 3.53. The Labute approximate surface area is 178 Å². The van der Waals surface area contributed by atoms with Gasteiger partial charge in [-0.15, -0.1) is 0 Å². The fourth-order valence-corrected chi connectivity index (χ4v) is 4.80. The fraction of sp³-hybridized carbons (Fsp3) is 0.591. The zero-order valence-electron chi connectivity index (χ0n) is 17.0. The van der Waals surface area contributed by atoms with Crippen molar-refractivity contribution in [1.29, 1.82) is 0 Å². The van der Waals surface area contributed by atoms with Gasteiger partial charge in [0.15, 0.2) is 0 Å². The summed E-state index contributed by atoms with van der Waals surface area (Å²) in [7, 11) is 0. The molecule has 4 rings (SSSR count). The Hall–Kier alpha value is -2.42. The summed E-state index contributed by atoms with van der Waals surface area (Å²) in [5, 5.41) is 9.65. The molecule has 3 fully saturated rings. The monoisotopic (exact) mass is 438 g/mol. The van der Waals surface area contributed by atoms with E-state index < -0.39 is 41.3 Å². The number of aliphatic hydroxyl groups is 1. The van der Waals surface area contributed by atoms with Gasteiger partial charge in [0.25, 0.3) is 0 Å². The first-order valence-electron chi connectivity index (χ1n) is 10.6. The first kappa shape index (κ1) is 21.8. The molecule has 1 aliphatic carbocycles. The number of benzene rings is 1. The highest BCUT2D eigenvalue weighted by Gasteiger charge is 2.57. The number of halogens is 3. The molecule has 0 spiro atoms. The quantitative estimate of drug-likeness (QED) is 0.717. The van der Waals surface area contributed by atoms with Crippen LogP contribution in [0.3, 0.4) is 0 Å². The van der Waals surface area contributed by atoms with Crippen LogP contribution < -0.4 is 0 Å². The lowest BCUT2D eigenvalue weighted by atomic mass is 9.75. The standard InChI is InChI=1S/C22H25F3N2O4/c23-22(24,25)15-5-3-4-14(10-15)21(12-19(30)27(20(21)31)16-7-8-16)11-18(29)26-9-2-1-6-17(26)13-28/h3-5,10,16-17,28H,1-2,6-9,11-13H2/t17-,21-/m0/s1. The largest absolute Gasteiger partial charge is 0.416 e. The van der Waals surface area contributed by atoms with Gasteiger partial charge in [-0.25, -0.2) is 0 Å². The van der Waals surface area contributed by atoms with E-state index in [0.29, 0.717) is 25.8 Å². The van der Waals surface area contributed by atoms with Gasteiger partial charge < -0.3 is 10.0 Å². The van der Waals surface area contributed by atoms with Gasteiger partial charge >= 0.3 is 6.18 Å². The Bertz CT molecular complexity index is 899. The average molecular weight is 438 g/mol. The summed E-state index contributed by atoms with van der Waals surface area (Å²) in [6, 6.07) is 3.78. The zero-order chi connectivity index (χ0) is 22.4. The molecule has 3 aliphatic rings. The van der Waals surface area contributed by atoms with Crippen LogP contribution >= 0.6 is 0 Å². The number of nitrogens with zero attached hydrogens (tertiary/aromatic N) is 2. The lowest BCUT2D eigenvalue weighted by Crippen LogP contribution is -2.49. The third kappa shape index (κ3) is 3.95. The molecule has 0 aromatic heterocycles. The first-order valence-corrected chi connectivity index (χ1v) is 10.6. The maximum Gasteiger partial charge on any atom is 0.416 e. The molecule has 1 aromatic rings. The van der Waals surface area contributed by atoms with Gasteiger partial charge in [-0.05, 0) is 43.7 Å². The number of amides is 3. The van der Waals surface area contributed by atoms with E-state index in [2.05, 4.69) is 0 Å². The van der Waals surface area contributed by atoms with E-state index in [1.54, 1.807) is 0 Å². The van der Waals surface area contributed by atoms with Crippen LogP contribution in [0.15, 0.2) is 24.3 Å². The zero-order valence-corrected chi connectivity index (χ0v) is 17.0. The molecule has 1 aromatic carbocycles. The summed E-state index contributed by atoms with van der Waals surface area (Å²) >= 11 is 0. The van der Waals surface area contributed by atoms with Gasteiger partial charge in [0.05, 0.1) is 23.6 Å². The highest BCUT2D eigenvalue weighted by molar-refractivity contribution is 6.11. The summed E-state index contributed by atoms with van der Waals surface area (Å²) in [5.74, 6) is -1.46. The number of rotatable bonds is 5. The van der Waals surface area contributed by atoms with Crippen molar-refractivity contribution in [3.8, 4) is 0 Å². The van der Waals surface area contributed by atoms with Crippen molar-refractivity contribution in [3.63, 3.8) is 0 Å². The lowest BCUT2D eigenvalue weighted by molar-refractivity contribution is -0.144. The number of likely N-dealkylation sites (tertiary alicyclic amines) is 2. The van der Waals surface area contributed by atoms with E-state index in [1.165, 1.54) is 17.0 Å². The Kier molecular flexibility index (Phi) is 5.57. The number of carbonyl (C=O) groups excluding carboxylic acids is 3. The van der Waals surface area contributed by atoms with Crippen molar-refractivity contribution in [3.05, 3.63) is 35.4 Å². The Morgan fingerprint density at radius 1 is 1.16 bits per heavy atom. The maximum absolute atomic E-state index is 13.5. The molecule has 31 heavy (non-hydrogen) atoms. The topological polar surface area (TPSA) is 77.9 Å². The minimum Gasteiger partial charge on any atom is -0.394 e. The molecule has 1 saturated carbocycles. The number of carbonyl (C=O) groups is 3. The van der Waals surface area contributed by atoms with Gasteiger partial charge in [0.1, 0.15) is 0 Å². The van der Waals surface area contributed by atoms with E-state index >= 15 is 0 Å². The lowest BCUT2D eigenvalue weighted by Gasteiger charge is -2.37. The summed E-state index contributed by atoms with van der Waals surface area (Å²) < 4.78 is 40.1. The SMILES string of the molecule is O=C1C[C@@](CC(=O)N2CCCC[C@H]2CO)(c2cccc(C(F)(F)F)c2)C(=O)N1C1CC1. The van der Waals surface area contributed by atoms with Crippen LogP contribution in [0.25, 0.3) is 0 Å². The predicted molar refractivity (Wildman–Crippen MR) is 104 cm³/mol. The van der Waals surface area contributed by atoms with Gasteiger partial charge in [0, 0.05) is 25.4 Å². The molecular weight excluding hydrogens is 413 g/mol. The number of hydrogen-bond acceptors (Lipinski definition) is 4. The fourth-order valence-electron chi connectivity index (χ4n) is 4.80. The van der Waals surface area contributed by atoms with Crippen LogP contribution in [0.4, 0.5) is 13.2 Å². The van der Waals surface area contributed by atoms with E-state index in [0.717, 1.165) is 29.9 Å². The van der Waals surface area contributed by atoms with Crippen molar-refractivity contribution >= 4 is 17.7 Å². The van der Waals surface area contributed by atoms with Gasteiger partial charge in [0.2, 0.25) is 17.7 Å². The Balaban J connectivity index is 1.73. The Morgan fingerprint density at radius 2 is 1.90 bits per heavy atom. The van der Waals surface area contributed by atoms with E-state index in [9.17, 15) is 32.7 Å². The normalized spacial score (nSPS) is 27.2. The molecule has 0 bridgehead atoms. The summed E-state index contributed by atoms with van der Waals surface area (Å²) in [6.45, 7) is 0.195. The molecule has 2 atom stereocenters. The van der Waals surface area contributed by atoms with Crippen LogP contribution in [0.5, 0.6) is 0 Å². The second-order valence-electron chi connectivity index (χ2n) is 8.73. The summed E-state index contributed by atoms with van der Waals surface area (Å²) in [4.78, 5) is 42.1. The number of aliphatic hydroxyl groups excluding tert-OH is 1. The maximum atomic E-state index is 13.5. The van der Waals surface area contributed by atoms with Gasteiger partial charge in [-0.2, -0.15) is 13.2 Å². The van der Waals surface area contributed by atoms with Crippen molar-refractivity contribution in [2.75, 3.05) is 13.2 Å². The summed E-state index contributed by atoms with van der Waals surface area (Å²) in [6.07, 6.45) is -1.75. The third-order valence-electron chi connectivity index (χ3n) is 6.62. The first-order chi connectivity index (χ1) is 14.7. The molecule has 3 amide bonds. The minimum atomic E-state index is -4.61. The van der Waals surface area contributed by atoms with Gasteiger partial charge in [-0.1, -0.05) is 18.2 Å². The van der Waals surface area contributed by atoms with E-state index in [-0.39, 0.29) is 30.7 Å². The molecule has 2 saturated heterocycles. The number of piperidine rings is 1. The highest BCUT2D eigenvalue weighted by Crippen LogP contribution is 2.45. The molecular formula is C22H25F3N2O4. The van der Waals surface area contributed by atoms with Gasteiger partial charge in [-0.3, -0.25) is 19.3 Å². The van der Waals surface area contributed by atoms with Crippen LogP contribution in [0.2, 0.25) is 0 Å². The number of hydrogen-bond donors (Lipinski definition) is 1. The third-order valence-corrected chi connectivity index (χ3v) is 6.62. The smallest absolute Gasteiger partial charge is 0.394 e. The Morgan fingerprint density at radius 3 is 2.55 bits per heavy atom. The van der Waals surface area contributed by atoms with Crippen molar-refractivity contribution in [1.82, 2.24) is 9.80 Å². The van der Waals surface area contributed by atoms with Crippen LogP contribution in [-0.4, -0.2) is 57.9 Å². The minimum absolute atomic E-state index is 0.0368. The second kappa shape index (κ2) is 7.93. The molecule has 1 N–H and O–H groups in total. The molecule has 168 valence electrons. The van der Waals surface area contributed by atoms with Crippen LogP contribution in [0.1, 0.15) is 56.1 Å². The number of imide groups is 1. The molecule has 6 nitrogen and oxygen atoms in total.